The second kappa shape index (κ2) is 2.59. The maximum atomic E-state index is 4.54. The van der Waals surface area contributed by atoms with Crippen LogP contribution in [0.25, 0.3) is 11.0 Å². The molecule has 0 saturated heterocycles. The van der Waals surface area contributed by atoms with Gasteiger partial charge in [-0.05, 0) is 38.0 Å². The highest BCUT2D eigenvalue weighted by atomic mass is 15.0. The minimum Gasteiger partial charge on any atom is -0.331 e. The first-order chi connectivity index (χ1) is 6.11. The maximum absolute atomic E-state index is 4.54. The third-order valence-electron chi connectivity index (χ3n) is 2.80. The molecule has 0 N–H and O–H groups in total. The molecule has 2 rings (SSSR count). The summed E-state index contributed by atoms with van der Waals surface area (Å²) in [6, 6.07) is 4.29. The molecule has 0 atom stereocenters. The van der Waals surface area contributed by atoms with Crippen LogP contribution in [0.2, 0.25) is 0 Å². The Morgan fingerprint density at radius 2 is 1.85 bits per heavy atom. The highest BCUT2D eigenvalue weighted by molar-refractivity contribution is 5.80. The van der Waals surface area contributed by atoms with E-state index in [1.165, 1.54) is 16.6 Å². The van der Waals surface area contributed by atoms with Gasteiger partial charge < -0.3 is 4.57 Å². The summed E-state index contributed by atoms with van der Waals surface area (Å²) in [5.74, 6) is 1.07. The molecule has 0 bridgehead atoms. The van der Waals surface area contributed by atoms with Gasteiger partial charge in [-0.15, -0.1) is 0 Å². The van der Waals surface area contributed by atoms with Crippen LogP contribution < -0.4 is 0 Å². The van der Waals surface area contributed by atoms with Crippen molar-refractivity contribution in [1.82, 2.24) is 9.55 Å². The molecule has 1 aromatic heterocycles. The van der Waals surface area contributed by atoms with Crippen molar-refractivity contribution in [2.24, 2.45) is 7.05 Å². The lowest BCUT2D eigenvalue weighted by atomic mass is 10.1. The van der Waals surface area contributed by atoms with Crippen LogP contribution in [0.4, 0.5) is 0 Å². The summed E-state index contributed by atoms with van der Waals surface area (Å²) in [6.45, 7) is 6.29. The predicted molar refractivity (Wildman–Crippen MR) is 54.9 cm³/mol. The second-order valence-electron chi connectivity index (χ2n) is 3.59. The smallest absolute Gasteiger partial charge is 0.106 e. The molecule has 1 heterocycles. The van der Waals surface area contributed by atoms with Crippen molar-refractivity contribution in [1.29, 1.82) is 0 Å². The van der Waals surface area contributed by atoms with E-state index in [4.69, 9.17) is 0 Å². The SMILES string of the molecule is Cc1ccc2c(nc(C)n2C)c1C. The lowest BCUT2D eigenvalue weighted by molar-refractivity contribution is 0.886. The van der Waals surface area contributed by atoms with Gasteiger partial charge in [-0.25, -0.2) is 4.98 Å². The topological polar surface area (TPSA) is 17.8 Å². The third kappa shape index (κ3) is 1.05. The van der Waals surface area contributed by atoms with E-state index >= 15 is 0 Å². The van der Waals surface area contributed by atoms with Crippen LogP contribution >= 0.6 is 0 Å². The molecule has 1 aromatic carbocycles. The molecule has 68 valence electrons. The Hall–Kier alpha value is -1.31. The van der Waals surface area contributed by atoms with E-state index in [0.717, 1.165) is 11.3 Å². The van der Waals surface area contributed by atoms with Gasteiger partial charge in [0.2, 0.25) is 0 Å². The third-order valence-corrected chi connectivity index (χ3v) is 2.80. The summed E-state index contributed by atoms with van der Waals surface area (Å²) >= 11 is 0. The van der Waals surface area contributed by atoms with Gasteiger partial charge in [0.05, 0.1) is 11.0 Å². The standard InChI is InChI=1S/C11H14N2/c1-7-5-6-10-11(8(7)2)12-9(3)13(10)4/h5-6H,1-4H3. The van der Waals surface area contributed by atoms with Crippen molar-refractivity contribution in [2.45, 2.75) is 20.8 Å². The first-order valence-electron chi connectivity index (χ1n) is 4.50. The monoisotopic (exact) mass is 174 g/mol. The molecular weight excluding hydrogens is 160 g/mol. The highest BCUT2D eigenvalue weighted by Gasteiger charge is 2.06. The van der Waals surface area contributed by atoms with Crippen LogP contribution in [-0.2, 0) is 7.05 Å². The zero-order valence-electron chi connectivity index (χ0n) is 8.55. The van der Waals surface area contributed by atoms with Crippen molar-refractivity contribution < 1.29 is 0 Å². The Labute approximate surface area is 78.2 Å². The largest absolute Gasteiger partial charge is 0.331 e. The van der Waals surface area contributed by atoms with Crippen LogP contribution in [0.5, 0.6) is 0 Å². The van der Waals surface area contributed by atoms with E-state index in [9.17, 15) is 0 Å². The van der Waals surface area contributed by atoms with Crippen LogP contribution in [0.3, 0.4) is 0 Å². The molecular formula is C11H14N2. The summed E-state index contributed by atoms with van der Waals surface area (Å²) in [6.07, 6.45) is 0. The van der Waals surface area contributed by atoms with Gasteiger partial charge in [0, 0.05) is 7.05 Å². The van der Waals surface area contributed by atoms with Gasteiger partial charge >= 0.3 is 0 Å². The van der Waals surface area contributed by atoms with Gasteiger partial charge in [-0.2, -0.15) is 0 Å². The number of rotatable bonds is 0. The zero-order valence-corrected chi connectivity index (χ0v) is 8.55. The number of aryl methyl sites for hydroxylation is 4. The van der Waals surface area contributed by atoms with E-state index < -0.39 is 0 Å². The Balaban J connectivity index is 2.94. The molecule has 2 heteroatoms. The van der Waals surface area contributed by atoms with E-state index in [1.54, 1.807) is 0 Å². The molecule has 0 saturated carbocycles. The molecule has 0 aliphatic carbocycles. The van der Waals surface area contributed by atoms with Crippen LogP contribution in [-0.4, -0.2) is 9.55 Å². The molecule has 13 heavy (non-hydrogen) atoms. The molecule has 0 aliphatic heterocycles. The van der Waals surface area contributed by atoms with E-state index in [-0.39, 0.29) is 0 Å². The number of nitrogens with zero attached hydrogens (tertiary/aromatic N) is 2. The maximum Gasteiger partial charge on any atom is 0.106 e. The van der Waals surface area contributed by atoms with Crippen LogP contribution in [0, 0.1) is 20.8 Å². The lowest BCUT2D eigenvalue weighted by Gasteiger charge is -2.00. The Morgan fingerprint density at radius 3 is 2.54 bits per heavy atom. The van der Waals surface area contributed by atoms with Crippen molar-refractivity contribution in [3.63, 3.8) is 0 Å². The van der Waals surface area contributed by atoms with Crippen molar-refractivity contribution in [3.05, 3.63) is 29.1 Å². The molecule has 2 aromatic rings. The normalized spacial score (nSPS) is 11.1. The number of hydrogen-bond donors (Lipinski definition) is 0. The van der Waals surface area contributed by atoms with Crippen molar-refractivity contribution in [3.8, 4) is 0 Å². The Kier molecular flexibility index (Phi) is 1.65. The predicted octanol–water partition coefficient (Wildman–Crippen LogP) is 2.50. The van der Waals surface area contributed by atoms with Gasteiger partial charge in [0.15, 0.2) is 0 Å². The van der Waals surface area contributed by atoms with Gasteiger partial charge in [-0.3, -0.25) is 0 Å². The minimum absolute atomic E-state index is 1.07. The first kappa shape index (κ1) is 8.30. The second-order valence-corrected chi connectivity index (χ2v) is 3.59. The first-order valence-corrected chi connectivity index (χ1v) is 4.50. The average molecular weight is 174 g/mol. The number of aromatic nitrogens is 2. The van der Waals surface area contributed by atoms with Crippen molar-refractivity contribution >= 4 is 11.0 Å². The molecule has 0 fully saturated rings. The molecule has 0 spiro atoms. The minimum atomic E-state index is 1.07. The number of benzene rings is 1. The summed E-state index contributed by atoms with van der Waals surface area (Å²) in [5, 5.41) is 0. The summed E-state index contributed by atoms with van der Waals surface area (Å²) in [5.41, 5.74) is 4.97. The van der Waals surface area contributed by atoms with Crippen molar-refractivity contribution in [2.75, 3.05) is 0 Å². The number of hydrogen-bond acceptors (Lipinski definition) is 1. The molecule has 0 amide bonds. The van der Waals surface area contributed by atoms with E-state index in [1.807, 2.05) is 6.92 Å². The Morgan fingerprint density at radius 1 is 1.15 bits per heavy atom. The molecule has 2 nitrogen and oxygen atoms in total. The van der Waals surface area contributed by atoms with Crippen LogP contribution in [0.1, 0.15) is 17.0 Å². The fraction of sp³-hybridized carbons (Fsp3) is 0.364. The van der Waals surface area contributed by atoms with E-state index in [0.29, 0.717) is 0 Å². The number of imidazole rings is 1. The zero-order chi connectivity index (χ0) is 9.59. The van der Waals surface area contributed by atoms with Gasteiger partial charge in [0.25, 0.3) is 0 Å². The van der Waals surface area contributed by atoms with Crippen LogP contribution in [0.15, 0.2) is 12.1 Å². The Bertz CT molecular complexity index is 466. The highest BCUT2D eigenvalue weighted by Crippen LogP contribution is 2.20. The average Bonchev–Trinajstić information content (AvgIpc) is 2.38. The fourth-order valence-corrected chi connectivity index (χ4v) is 1.61. The molecule has 0 radical (unpaired) electrons. The fourth-order valence-electron chi connectivity index (χ4n) is 1.61. The summed E-state index contributed by atoms with van der Waals surface area (Å²) < 4.78 is 2.13. The summed E-state index contributed by atoms with van der Waals surface area (Å²) in [4.78, 5) is 4.54. The summed E-state index contributed by atoms with van der Waals surface area (Å²) in [7, 11) is 2.06. The molecule has 0 unspecified atom stereocenters. The van der Waals surface area contributed by atoms with Gasteiger partial charge in [-0.1, -0.05) is 6.07 Å². The quantitative estimate of drug-likeness (QED) is 0.600. The van der Waals surface area contributed by atoms with Gasteiger partial charge in [0.1, 0.15) is 5.82 Å². The molecule has 0 aliphatic rings. The number of fused-ring (bicyclic) bond motifs is 1. The van der Waals surface area contributed by atoms with E-state index in [2.05, 4.69) is 42.6 Å². The lowest BCUT2D eigenvalue weighted by Crippen LogP contribution is -1.90.